The zero-order valence-corrected chi connectivity index (χ0v) is 29.1. The van der Waals surface area contributed by atoms with Crippen LogP contribution < -0.4 is 10.1 Å². The first kappa shape index (κ1) is 34.8. The van der Waals surface area contributed by atoms with Gasteiger partial charge in [0.2, 0.25) is 11.8 Å². The summed E-state index contributed by atoms with van der Waals surface area (Å²) in [4.78, 5) is 37.5. The van der Waals surface area contributed by atoms with Crippen LogP contribution in [0.4, 0.5) is 0 Å². The lowest BCUT2D eigenvalue weighted by Crippen LogP contribution is -2.38. The first-order valence-corrected chi connectivity index (χ1v) is 17.5. The molecule has 6 rings (SSSR count). The van der Waals surface area contributed by atoms with Crippen LogP contribution in [0.2, 0.25) is 10.3 Å². The summed E-state index contributed by atoms with van der Waals surface area (Å²) < 4.78 is 11.0. The van der Waals surface area contributed by atoms with E-state index in [2.05, 4.69) is 20.2 Å². The number of fused-ring (bicyclic) bond motifs is 1. The van der Waals surface area contributed by atoms with E-state index in [-0.39, 0.29) is 24.7 Å². The monoisotopic (exact) mass is 702 g/mol. The molecule has 10 nitrogen and oxygen atoms in total. The zero-order valence-electron chi connectivity index (χ0n) is 27.5. The van der Waals surface area contributed by atoms with Crippen molar-refractivity contribution in [2.45, 2.75) is 45.1 Å². The molecule has 1 fully saturated rings. The van der Waals surface area contributed by atoms with Gasteiger partial charge in [-0.25, -0.2) is 15.0 Å². The van der Waals surface area contributed by atoms with Gasteiger partial charge in [0.05, 0.1) is 37.1 Å². The zero-order chi connectivity index (χ0) is 34.2. The molecule has 0 spiro atoms. The summed E-state index contributed by atoms with van der Waals surface area (Å²) in [7, 11) is 0. The number of nitrogens with one attached hydrogen (secondary N) is 1. The summed E-state index contributed by atoms with van der Waals surface area (Å²) in [5.74, 6) is 0.488. The molecule has 2 aromatic heterocycles. The fourth-order valence-corrected chi connectivity index (χ4v) is 6.53. The number of hydrogen-bond donors (Lipinski definition) is 1. The molecule has 0 saturated carbocycles. The molecule has 4 heterocycles. The van der Waals surface area contributed by atoms with E-state index in [4.69, 9.17) is 37.8 Å². The third-order valence-corrected chi connectivity index (χ3v) is 9.28. The van der Waals surface area contributed by atoms with Crippen LogP contribution in [0.5, 0.6) is 5.75 Å². The maximum absolute atomic E-state index is 13.8. The Balaban J connectivity index is 1.15. The number of hydrazone groups is 1. The number of carbonyl (C=O) groups excluding carboxylic acids is 2. The fourth-order valence-electron chi connectivity index (χ4n) is 6.15. The molecule has 2 amide bonds. The van der Waals surface area contributed by atoms with Crippen molar-refractivity contribution in [2.75, 3.05) is 46.0 Å². The number of pyridine rings is 2. The minimum Gasteiger partial charge on any atom is -0.494 e. The first-order chi connectivity index (χ1) is 23.9. The minimum absolute atomic E-state index is 0.0545. The number of halogens is 2. The van der Waals surface area contributed by atoms with Crippen LogP contribution in [0.3, 0.4) is 0 Å². The van der Waals surface area contributed by atoms with Crippen molar-refractivity contribution >= 4 is 51.6 Å². The van der Waals surface area contributed by atoms with Gasteiger partial charge in [0, 0.05) is 67.7 Å². The van der Waals surface area contributed by atoms with Gasteiger partial charge in [0.15, 0.2) is 0 Å². The Morgan fingerprint density at radius 3 is 2.49 bits per heavy atom. The molecule has 0 bridgehead atoms. The molecule has 2 aliphatic heterocycles. The highest BCUT2D eigenvalue weighted by Gasteiger charge is 2.35. The summed E-state index contributed by atoms with van der Waals surface area (Å²) in [6, 6.07) is 18.9. The molecular formula is C37H40Cl2N6O4. The van der Waals surface area contributed by atoms with E-state index in [1.54, 1.807) is 12.3 Å². The number of carbonyl (C=O) groups is 2. The van der Waals surface area contributed by atoms with E-state index in [0.717, 1.165) is 67.1 Å². The normalized spacial score (nSPS) is 16.5. The average Bonchev–Trinajstić information content (AvgIpc) is 3.56. The van der Waals surface area contributed by atoms with Gasteiger partial charge < -0.3 is 14.8 Å². The second kappa shape index (κ2) is 16.5. The van der Waals surface area contributed by atoms with E-state index >= 15 is 0 Å². The van der Waals surface area contributed by atoms with E-state index < -0.39 is 6.04 Å². The van der Waals surface area contributed by atoms with Crippen molar-refractivity contribution in [3.63, 3.8) is 0 Å². The molecule has 4 aromatic rings. The van der Waals surface area contributed by atoms with Gasteiger partial charge in [-0.3, -0.25) is 14.5 Å². The highest BCUT2D eigenvalue weighted by Crippen LogP contribution is 2.38. The van der Waals surface area contributed by atoms with Crippen LogP contribution in [0.15, 0.2) is 72.0 Å². The van der Waals surface area contributed by atoms with Crippen LogP contribution in [-0.2, 0) is 14.3 Å². The summed E-state index contributed by atoms with van der Waals surface area (Å²) in [6.45, 7) is 7.40. The van der Waals surface area contributed by atoms with Crippen LogP contribution in [0, 0.1) is 0 Å². The number of amides is 2. The smallest absolute Gasteiger partial charge is 0.243 e. The molecule has 12 heteroatoms. The van der Waals surface area contributed by atoms with Crippen LogP contribution >= 0.6 is 23.2 Å². The first-order valence-electron chi connectivity index (χ1n) is 16.8. The number of aromatic nitrogens is 2. The van der Waals surface area contributed by atoms with Crippen molar-refractivity contribution in [2.24, 2.45) is 5.10 Å². The molecular weight excluding hydrogens is 663 g/mol. The Labute approximate surface area is 296 Å². The molecule has 1 atom stereocenters. The van der Waals surface area contributed by atoms with E-state index in [0.29, 0.717) is 53.1 Å². The van der Waals surface area contributed by atoms with Gasteiger partial charge in [-0.2, -0.15) is 5.10 Å². The summed E-state index contributed by atoms with van der Waals surface area (Å²) in [6.07, 6.45) is 3.92. The maximum atomic E-state index is 13.8. The third kappa shape index (κ3) is 8.93. The van der Waals surface area contributed by atoms with Crippen molar-refractivity contribution in [3.05, 3.63) is 88.3 Å². The highest BCUT2D eigenvalue weighted by molar-refractivity contribution is 6.30. The van der Waals surface area contributed by atoms with E-state index in [1.807, 2.05) is 61.5 Å². The number of rotatable bonds is 13. The number of benzene rings is 2. The lowest BCUT2D eigenvalue weighted by Gasteiger charge is -2.26. The van der Waals surface area contributed by atoms with Gasteiger partial charge in [-0.05, 0) is 67.8 Å². The lowest BCUT2D eigenvalue weighted by molar-refractivity contribution is -0.133. The van der Waals surface area contributed by atoms with Crippen LogP contribution in [-0.4, -0.2) is 83.4 Å². The van der Waals surface area contributed by atoms with Crippen LogP contribution in [0.1, 0.15) is 56.2 Å². The maximum Gasteiger partial charge on any atom is 0.243 e. The number of ether oxygens (including phenoxy) is 2. The van der Waals surface area contributed by atoms with Crippen LogP contribution in [0.25, 0.3) is 22.0 Å². The predicted octanol–water partition coefficient (Wildman–Crippen LogP) is 6.69. The second-order valence-corrected chi connectivity index (χ2v) is 12.9. The van der Waals surface area contributed by atoms with Crippen molar-refractivity contribution in [1.82, 2.24) is 25.2 Å². The second-order valence-electron chi connectivity index (χ2n) is 12.1. The Morgan fingerprint density at radius 2 is 1.73 bits per heavy atom. The van der Waals surface area contributed by atoms with Crippen molar-refractivity contribution in [3.8, 4) is 16.9 Å². The van der Waals surface area contributed by atoms with Gasteiger partial charge in [-0.15, -0.1) is 0 Å². The molecule has 256 valence electrons. The summed E-state index contributed by atoms with van der Waals surface area (Å²) in [5, 5.41) is 11.0. The van der Waals surface area contributed by atoms with Gasteiger partial charge in [-0.1, -0.05) is 47.5 Å². The molecule has 0 radical (unpaired) electrons. The minimum atomic E-state index is -0.451. The van der Waals surface area contributed by atoms with Gasteiger partial charge in [0.1, 0.15) is 16.1 Å². The number of morpholine rings is 1. The molecule has 0 aliphatic carbocycles. The Morgan fingerprint density at radius 1 is 0.959 bits per heavy atom. The van der Waals surface area contributed by atoms with Gasteiger partial charge >= 0.3 is 0 Å². The van der Waals surface area contributed by atoms with Crippen molar-refractivity contribution in [1.29, 1.82) is 0 Å². The average molecular weight is 704 g/mol. The molecule has 49 heavy (non-hydrogen) atoms. The molecule has 1 unspecified atom stereocenters. The summed E-state index contributed by atoms with van der Waals surface area (Å²) >= 11 is 12.8. The predicted molar refractivity (Wildman–Crippen MR) is 192 cm³/mol. The fraction of sp³-hybridized carbons (Fsp3) is 0.378. The van der Waals surface area contributed by atoms with E-state index in [9.17, 15) is 9.59 Å². The van der Waals surface area contributed by atoms with E-state index in [1.165, 1.54) is 5.01 Å². The molecule has 2 aromatic carbocycles. The van der Waals surface area contributed by atoms with Crippen molar-refractivity contribution < 1.29 is 19.1 Å². The third-order valence-electron chi connectivity index (χ3n) is 8.76. The lowest BCUT2D eigenvalue weighted by atomic mass is 9.97. The SMILES string of the molecule is CCOc1ccc2cc(C3CC(c4ccc(-c5ccc(Cl)nc5)cc4)=NN3C(=O)CCCC(=O)NCCCN3CCOCC3)c(Cl)nc2c1. The largest absolute Gasteiger partial charge is 0.494 e. The highest BCUT2D eigenvalue weighted by atomic mass is 35.5. The molecule has 1 N–H and O–H groups in total. The Bertz CT molecular complexity index is 1800. The number of hydrogen-bond acceptors (Lipinski definition) is 8. The van der Waals surface area contributed by atoms with Gasteiger partial charge in [0.25, 0.3) is 0 Å². The quantitative estimate of drug-likeness (QED) is 0.122. The number of nitrogens with zero attached hydrogens (tertiary/aromatic N) is 5. The Hall–Kier alpha value is -4.09. The molecule has 2 aliphatic rings. The topological polar surface area (TPSA) is 109 Å². The molecule has 1 saturated heterocycles. The Kier molecular flexibility index (Phi) is 11.7. The summed E-state index contributed by atoms with van der Waals surface area (Å²) in [5.41, 5.74) is 5.02. The standard InChI is InChI=1S/C37H40Cl2N6O4/c1-2-49-29-13-11-27-21-30(37(39)42-31(27)22-29)33-23-32(26-9-7-25(8-10-26)28-12-14-34(38)41-24-28)43-45(33)36(47)6-3-5-35(46)40-15-4-16-44-17-19-48-20-18-44/h7-14,21-22,24,33H,2-6,15-20,23H2,1H3,(H,40,46).